The molecule has 1 fully saturated rings. The van der Waals surface area contributed by atoms with E-state index < -0.39 is 5.60 Å². The minimum absolute atomic E-state index is 0.290. The van der Waals surface area contributed by atoms with Gasteiger partial charge in [-0.15, -0.1) is 0 Å². The van der Waals surface area contributed by atoms with Crippen molar-refractivity contribution >= 4 is 27.7 Å². The molecule has 3 heteroatoms. The zero-order valence-electron chi connectivity index (χ0n) is 8.96. The summed E-state index contributed by atoms with van der Waals surface area (Å²) in [5, 5.41) is 10.9. The van der Waals surface area contributed by atoms with Crippen LogP contribution in [0.2, 0.25) is 0 Å². The van der Waals surface area contributed by atoms with E-state index in [0.29, 0.717) is 0 Å². The minimum Gasteiger partial charge on any atom is -0.384 e. The van der Waals surface area contributed by atoms with Crippen LogP contribution in [0, 0.1) is 6.92 Å². The normalized spacial score (nSPS) is 30.8. The van der Waals surface area contributed by atoms with Gasteiger partial charge in [0.1, 0.15) is 5.60 Å². The summed E-state index contributed by atoms with van der Waals surface area (Å²) in [6.07, 6.45) is 0.861. The molecule has 15 heavy (non-hydrogen) atoms. The summed E-state index contributed by atoms with van der Waals surface area (Å²) in [5.41, 5.74) is 1.61. The maximum atomic E-state index is 10.6. The first-order valence-corrected chi connectivity index (χ1v) is 6.99. The summed E-state index contributed by atoms with van der Waals surface area (Å²) >= 11 is 5.33. The van der Waals surface area contributed by atoms with Gasteiger partial charge in [0, 0.05) is 9.72 Å². The minimum atomic E-state index is -0.629. The lowest BCUT2D eigenvalue weighted by atomic mass is 9.88. The molecule has 82 valence electrons. The van der Waals surface area contributed by atoms with Crippen molar-refractivity contribution in [1.29, 1.82) is 0 Å². The summed E-state index contributed by atoms with van der Waals surface area (Å²) in [7, 11) is 0. The Morgan fingerprint density at radius 2 is 2.27 bits per heavy atom. The van der Waals surface area contributed by atoms with Gasteiger partial charge in [0.25, 0.3) is 0 Å². The number of thioether (sulfide) groups is 1. The molecule has 0 aromatic heterocycles. The van der Waals surface area contributed by atoms with Crippen LogP contribution < -0.4 is 0 Å². The van der Waals surface area contributed by atoms with Crippen LogP contribution in [0.15, 0.2) is 22.7 Å². The van der Waals surface area contributed by atoms with Crippen molar-refractivity contribution in [2.75, 3.05) is 5.75 Å². The van der Waals surface area contributed by atoms with Gasteiger partial charge < -0.3 is 5.11 Å². The Balaban J connectivity index is 2.40. The van der Waals surface area contributed by atoms with Gasteiger partial charge in [-0.25, -0.2) is 0 Å². The van der Waals surface area contributed by atoms with Crippen LogP contribution in [0.5, 0.6) is 0 Å². The highest BCUT2D eigenvalue weighted by Gasteiger charge is 2.40. The molecule has 0 radical (unpaired) electrons. The molecule has 1 heterocycles. The summed E-state index contributed by atoms with van der Waals surface area (Å²) in [5.74, 6) is 1.05. The predicted octanol–water partition coefficient (Wildman–Crippen LogP) is 3.47. The quantitative estimate of drug-likeness (QED) is 0.853. The highest BCUT2D eigenvalue weighted by atomic mass is 79.9. The molecule has 0 bridgehead atoms. The van der Waals surface area contributed by atoms with Gasteiger partial charge in [0.15, 0.2) is 0 Å². The van der Waals surface area contributed by atoms with Gasteiger partial charge in [0.2, 0.25) is 0 Å². The molecule has 1 aromatic rings. The summed E-state index contributed by atoms with van der Waals surface area (Å²) < 4.78 is 1.10. The van der Waals surface area contributed by atoms with Gasteiger partial charge in [-0.1, -0.05) is 35.0 Å². The molecule has 2 rings (SSSR count). The lowest BCUT2D eigenvalue weighted by molar-refractivity contribution is 0.0426. The molecule has 2 atom stereocenters. The number of aryl methyl sites for hydroxylation is 1. The van der Waals surface area contributed by atoms with Gasteiger partial charge in [-0.05, 0) is 36.3 Å². The number of hydrogen-bond acceptors (Lipinski definition) is 2. The van der Waals surface area contributed by atoms with Crippen molar-refractivity contribution in [3.05, 3.63) is 33.8 Å². The second kappa shape index (κ2) is 4.11. The van der Waals surface area contributed by atoms with E-state index in [9.17, 15) is 5.11 Å². The van der Waals surface area contributed by atoms with Crippen molar-refractivity contribution in [2.45, 2.75) is 31.1 Å². The predicted molar refractivity (Wildman–Crippen MR) is 69.3 cm³/mol. The van der Waals surface area contributed by atoms with Gasteiger partial charge in [-0.3, -0.25) is 0 Å². The van der Waals surface area contributed by atoms with E-state index in [-0.39, 0.29) is 5.25 Å². The summed E-state index contributed by atoms with van der Waals surface area (Å²) in [4.78, 5) is 0. The maximum absolute atomic E-state index is 10.6. The molecule has 0 spiro atoms. The summed E-state index contributed by atoms with van der Waals surface area (Å²) in [6, 6.07) is 6.14. The molecule has 0 saturated carbocycles. The third-order valence-electron chi connectivity index (χ3n) is 3.18. The van der Waals surface area contributed by atoms with E-state index in [1.165, 1.54) is 5.56 Å². The van der Waals surface area contributed by atoms with Crippen molar-refractivity contribution in [3.63, 3.8) is 0 Å². The second-order valence-electron chi connectivity index (χ2n) is 4.15. The molecule has 0 amide bonds. The highest BCUT2D eigenvalue weighted by Crippen LogP contribution is 2.43. The Hall–Kier alpha value is 0.01000. The SMILES string of the molecule is Cc1cc([C@]2(O)CCS[C@H]2C)ccc1Br. The molecule has 1 N–H and O–H groups in total. The molecule has 0 unspecified atom stereocenters. The van der Waals surface area contributed by atoms with Crippen LogP contribution >= 0.6 is 27.7 Å². The average Bonchev–Trinajstić information content (AvgIpc) is 2.53. The fourth-order valence-electron chi connectivity index (χ4n) is 2.03. The van der Waals surface area contributed by atoms with E-state index in [1.54, 1.807) is 0 Å². The molecule has 1 aliphatic rings. The Labute approximate surface area is 103 Å². The van der Waals surface area contributed by atoms with E-state index in [4.69, 9.17) is 0 Å². The van der Waals surface area contributed by atoms with E-state index >= 15 is 0 Å². The van der Waals surface area contributed by atoms with E-state index in [2.05, 4.69) is 35.8 Å². The van der Waals surface area contributed by atoms with Crippen LogP contribution in [-0.4, -0.2) is 16.1 Å². The first-order valence-electron chi connectivity index (χ1n) is 5.14. The third-order valence-corrected chi connectivity index (χ3v) is 5.40. The molecule has 0 aliphatic carbocycles. The lowest BCUT2D eigenvalue weighted by Gasteiger charge is -2.27. The van der Waals surface area contributed by atoms with Crippen LogP contribution in [0.3, 0.4) is 0 Å². The molecule has 1 saturated heterocycles. The van der Waals surface area contributed by atoms with Gasteiger partial charge >= 0.3 is 0 Å². The smallest absolute Gasteiger partial charge is 0.102 e. The molecule has 1 aromatic carbocycles. The molecular weight excluding hydrogens is 272 g/mol. The van der Waals surface area contributed by atoms with E-state index in [1.807, 2.05) is 23.9 Å². The van der Waals surface area contributed by atoms with Crippen molar-refractivity contribution in [2.24, 2.45) is 0 Å². The first kappa shape index (κ1) is 11.5. The maximum Gasteiger partial charge on any atom is 0.102 e. The fraction of sp³-hybridized carbons (Fsp3) is 0.500. The van der Waals surface area contributed by atoms with Crippen LogP contribution in [0.4, 0.5) is 0 Å². The van der Waals surface area contributed by atoms with Crippen LogP contribution in [0.1, 0.15) is 24.5 Å². The molecule has 1 nitrogen and oxygen atoms in total. The first-order chi connectivity index (χ1) is 7.04. The number of halogens is 1. The lowest BCUT2D eigenvalue weighted by Crippen LogP contribution is -2.31. The van der Waals surface area contributed by atoms with Crippen LogP contribution in [-0.2, 0) is 5.60 Å². The molecule has 1 aliphatic heterocycles. The third kappa shape index (κ3) is 1.97. The van der Waals surface area contributed by atoms with E-state index in [0.717, 1.165) is 22.2 Å². The van der Waals surface area contributed by atoms with Crippen molar-refractivity contribution < 1.29 is 5.11 Å². The number of hydrogen-bond donors (Lipinski definition) is 1. The Morgan fingerprint density at radius 1 is 1.53 bits per heavy atom. The van der Waals surface area contributed by atoms with Gasteiger partial charge in [0.05, 0.1) is 0 Å². The topological polar surface area (TPSA) is 20.2 Å². The standard InChI is InChI=1S/C12H15BrOS/c1-8-7-10(3-4-11(8)13)12(14)5-6-15-9(12)2/h3-4,7,9,14H,5-6H2,1-2H3/t9-,12-/m0/s1. The van der Waals surface area contributed by atoms with Crippen molar-refractivity contribution in [1.82, 2.24) is 0 Å². The second-order valence-corrected chi connectivity index (χ2v) is 6.45. The zero-order valence-corrected chi connectivity index (χ0v) is 11.4. The van der Waals surface area contributed by atoms with Gasteiger partial charge in [-0.2, -0.15) is 11.8 Å². The Morgan fingerprint density at radius 3 is 2.80 bits per heavy atom. The molecular formula is C12H15BrOS. The Bertz CT molecular complexity index is 380. The fourth-order valence-corrected chi connectivity index (χ4v) is 3.58. The van der Waals surface area contributed by atoms with Crippen LogP contribution in [0.25, 0.3) is 0 Å². The van der Waals surface area contributed by atoms with Crippen molar-refractivity contribution in [3.8, 4) is 0 Å². The average molecular weight is 287 g/mol. The number of rotatable bonds is 1. The Kier molecular flexibility index (Phi) is 3.15. The zero-order chi connectivity index (χ0) is 11.1. The monoisotopic (exact) mass is 286 g/mol. The number of benzene rings is 1. The summed E-state index contributed by atoms with van der Waals surface area (Å²) in [6.45, 7) is 4.17. The highest BCUT2D eigenvalue weighted by molar-refractivity contribution is 9.10. The largest absolute Gasteiger partial charge is 0.384 e. The number of aliphatic hydroxyl groups is 1.